The first kappa shape index (κ1) is 8.96. The van der Waals surface area contributed by atoms with Gasteiger partial charge in [0.2, 0.25) is 0 Å². The summed E-state index contributed by atoms with van der Waals surface area (Å²) in [7, 11) is 0. The van der Waals surface area contributed by atoms with Gasteiger partial charge in [0.15, 0.2) is 0 Å². The highest BCUT2D eigenvalue weighted by molar-refractivity contribution is 4.65. The zero-order chi connectivity index (χ0) is 7.28. The van der Waals surface area contributed by atoms with E-state index in [1.54, 1.807) is 0 Å². The van der Waals surface area contributed by atoms with Crippen LogP contribution in [0.1, 0.15) is 40.0 Å². The molecule has 0 heterocycles. The standard InChI is InChI=1S/C8H19N/c1-4-6-8(5-2)7(3)9/h7-8H,4-6,9H2,1-3H3/t7?,8-/m1/s1. The summed E-state index contributed by atoms with van der Waals surface area (Å²) < 4.78 is 0. The summed E-state index contributed by atoms with van der Waals surface area (Å²) in [6.45, 7) is 6.53. The Balaban J connectivity index is 3.41. The summed E-state index contributed by atoms with van der Waals surface area (Å²) in [6, 6.07) is 0.384. The third-order valence-electron chi connectivity index (χ3n) is 1.93. The van der Waals surface area contributed by atoms with E-state index in [1.807, 2.05) is 0 Å². The first-order valence-electron chi connectivity index (χ1n) is 3.97. The van der Waals surface area contributed by atoms with Gasteiger partial charge in [-0.05, 0) is 19.3 Å². The summed E-state index contributed by atoms with van der Waals surface area (Å²) in [5.41, 5.74) is 5.73. The maximum absolute atomic E-state index is 5.73. The molecule has 2 atom stereocenters. The predicted molar refractivity (Wildman–Crippen MR) is 42.3 cm³/mol. The van der Waals surface area contributed by atoms with Crippen LogP contribution in [0.2, 0.25) is 0 Å². The van der Waals surface area contributed by atoms with E-state index in [-0.39, 0.29) is 0 Å². The summed E-state index contributed by atoms with van der Waals surface area (Å²) in [5.74, 6) is 0.745. The molecule has 0 amide bonds. The highest BCUT2D eigenvalue weighted by Crippen LogP contribution is 2.12. The number of hydrogen-bond acceptors (Lipinski definition) is 1. The molecule has 1 heteroatoms. The van der Waals surface area contributed by atoms with Crippen molar-refractivity contribution in [3.05, 3.63) is 0 Å². The molecule has 0 aromatic rings. The van der Waals surface area contributed by atoms with Crippen LogP contribution in [0, 0.1) is 5.92 Å². The predicted octanol–water partition coefficient (Wildman–Crippen LogP) is 2.16. The summed E-state index contributed by atoms with van der Waals surface area (Å²) in [5, 5.41) is 0. The van der Waals surface area contributed by atoms with Crippen molar-refractivity contribution < 1.29 is 0 Å². The lowest BCUT2D eigenvalue weighted by Crippen LogP contribution is -2.25. The molecular formula is C8H19N. The minimum Gasteiger partial charge on any atom is -0.328 e. The second-order valence-electron chi connectivity index (χ2n) is 2.82. The third kappa shape index (κ3) is 3.52. The lowest BCUT2D eigenvalue weighted by molar-refractivity contribution is 0.397. The molecule has 9 heavy (non-hydrogen) atoms. The Morgan fingerprint density at radius 1 is 1.33 bits per heavy atom. The van der Waals surface area contributed by atoms with Crippen LogP contribution in [0.4, 0.5) is 0 Å². The van der Waals surface area contributed by atoms with Gasteiger partial charge in [0, 0.05) is 6.04 Å². The van der Waals surface area contributed by atoms with E-state index in [0.717, 1.165) is 5.92 Å². The number of rotatable bonds is 4. The van der Waals surface area contributed by atoms with E-state index in [1.165, 1.54) is 19.3 Å². The highest BCUT2D eigenvalue weighted by atomic mass is 14.6. The largest absolute Gasteiger partial charge is 0.328 e. The molecule has 1 nitrogen and oxygen atoms in total. The fraction of sp³-hybridized carbons (Fsp3) is 1.00. The zero-order valence-electron chi connectivity index (χ0n) is 6.85. The van der Waals surface area contributed by atoms with Crippen LogP contribution < -0.4 is 5.73 Å². The van der Waals surface area contributed by atoms with Gasteiger partial charge in [0.25, 0.3) is 0 Å². The van der Waals surface area contributed by atoms with Gasteiger partial charge in [-0.1, -0.05) is 26.7 Å². The molecule has 56 valence electrons. The first-order chi connectivity index (χ1) is 4.22. The Labute approximate surface area is 58.6 Å². The minimum atomic E-state index is 0.384. The fourth-order valence-electron chi connectivity index (χ4n) is 1.21. The molecule has 0 saturated carbocycles. The van der Waals surface area contributed by atoms with Crippen LogP contribution in [-0.2, 0) is 0 Å². The molecule has 0 aromatic carbocycles. The molecule has 1 unspecified atom stereocenters. The van der Waals surface area contributed by atoms with Crippen LogP contribution in [0.3, 0.4) is 0 Å². The quantitative estimate of drug-likeness (QED) is 0.618. The van der Waals surface area contributed by atoms with E-state index < -0.39 is 0 Å². The van der Waals surface area contributed by atoms with Crippen LogP contribution in [0.25, 0.3) is 0 Å². The van der Waals surface area contributed by atoms with Crippen molar-refractivity contribution in [3.63, 3.8) is 0 Å². The molecule has 0 aliphatic heterocycles. The van der Waals surface area contributed by atoms with Crippen LogP contribution in [-0.4, -0.2) is 6.04 Å². The molecule has 0 bridgehead atoms. The van der Waals surface area contributed by atoms with E-state index in [0.29, 0.717) is 6.04 Å². The molecule has 0 saturated heterocycles. The second kappa shape index (κ2) is 4.80. The average molecular weight is 129 g/mol. The van der Waals surface area contributed by atoms with E-state index in [4.69, 9.17) is 5.73 Å². The highest BCUT2D eigenvalue weighted by Gasteiger charge is 2.08. The van der Waals surface area contributed by atoms with Gasteiger partial charge in [0.1, 0.15) is 0 Å². The molecule has 0 fully saturated rings. The second-order valence-corrected chi connectivity index (χ2v) is 2.82. The Morgan fingerprint density at radius 2 is 1.89 bits per heavy atom. The average Bonchev–Trinajstić information content (AvgIpc) is 1.82. The lowest BCUT2D eigenvalue weighted by atomic mass is 9.94. The summed E-state index contributed by atoms with van der Waals surface area (Å²) in [6.07, 6.45) is 3.78. The minimum absolute atomic E-state index is 0.384. The third-order valence-corrected chi connectivity index (χ3v) is 1.93. The fourth-order valence-corrected chi connectivity index (χ4v) is 1.21. The smallest absolute Gasteiger partial charge is 0.00386 e. The number of nitrogens with two attached hydrogens (primary N) is 1. The first-order valence-corrected chi connectivity index (χ1v) is 3.97. The molecule has 0 aliphatic carbocycles. The summed E-state index contributed by atoms with van der Waals surface area (Å²) >= 11 is 0. The van der Waals surface area contributed by atoms with Gasteiger partial charge in [-0.3, -0.25) is 0 Å². The van der Waals surface area contributed by atoms with Crippen molar-refractivity contribution in [2.24, 2.45) is 11.7 Å². The molecule has 0 radical (unpaired) electrons. The van der Waals surface area contributed by atoms with Gasteiger partial charge in [-0.25, -0.2) is 0 Å². The van der Waals surface area contributed by atoms with Crippen LogP contribution in [0.5, 0.6) is 0 Å². The molecule has 0 aromatic heterocycles. The van der Waals surface area contributed by atoms with Gasteiger partial charge in [0.05, 0.1) is 0 Å². The van der Waals surface area contributed by atoms with Crippen LogP contribution >= 0.6 is 0 Å². The van der Waals surface area contributed by atoms with E-state index in [2.05, 4.69) is 20.8 Å². The Kier molecular flexibility index (Phi) is 4.78. The lowest BCUT2D eigenvalue weighted by Gasteiger charge is -2.17. The Bertz CT molecular complexity index is 59.6. The van der Waals surface area contributed by atoms with Crippen molar-refractivity contribution in [2.75, 3.05) is 0 Å². The maximum Gasteiger partial charge on any atom is 0.00386 e. The van der Waals surface area contributed by atoms with Crippen molar-refractivity contribution in [2.45, 2.75) is 46.1 Å². The molecule has 0 spiro atoms. The molecular weight excluding hydrogens is 110 g/mol. The van der Waals surface area contributed by atoms with E-state index in [9.17, 15) is 0 Å². The van der Waals surface area contributed by atoms with Crippen molar-refractivity contribution >= 4 is 0 Å². The summed E-state index contributed by atoms with van der Waals surface area (Å²) in [4.78, 5) is 0. The SMILES string of the molecule is CCC[C@@H](CC)C(C)N. The maximum atomic E-state index is 5.73. The van der Waals surface area contributed by atoms with Crippen molar-refractivity contribution in [3.8, 4) is 0 Å². The molecule has 0 aliphatic rings. The van der Waals surface area contributed by atoms with Crippen molar-refractivity contribution in [1.29, 1.82) is 0 Å². The van der Waals surface area contributed by atoms with Gasteiger partial charge >= 0.3 is 0 Å². The zero-order valence-corrected chi connectivity index (χ0v) is 6.85. The van der Waals surface area contributed by atoms with Crippen molar-refractivity contribution in [1.82, 2.24) is 0 Å². The van der Waals surface area contributed by atoms with E-state index >= 15 is 0 Å². The monoisotopic (exact) mass is 129 g/mol. The van der Waals surface area contributed by atoms with Gasteiger partial charge < -0.3 is 5.73 Å². The normalized spacial score (nSPS) is 17.3. The topological polar surface area (TPSA) is 26.0 Å². The molecule has 2 N–H and O–H groups in total. The Morgan fingerprint density at radius 3 is 2.00 bits per heavy atom. The van der Waals surface area contributed by atoms with Crippen LogP contribution in [0.15, 0.2) is 0 Å². The van der Waals surface area contributed by atoms with Gasteiger partial charge in [-0.2, -0.15) is 0 Å². The molecule has 0 rings (SSSR count). The Hall–Kier alpha value is -0.0400. The van der Waals surface area contributed by atoms with Gasteiger partial charge in [-0.15, -0.1) is 0 Å². The number of hydrogen-bond donors (Lipinski definition) is 1.